The first-order valence-corrected chi connectivity index (χ1v) is 11.8. The van der Waals surface area contributed by atoms with Crippen molar-refractivity contribution in [2.45, 2.75) is 20.5 Å². The Kier molecular flexibility index (Phi) is 8.70. The predicted octanol–water partition coefficient (Wildman–Crippen LogP) is 7.04. The van der Waals surface area contributed by atoms with Crippen molar-refractivity contribution >= 4 is 49.5 Å². The highest BCUT2D eigenvalue weighted by Crippen LogP contribution is 2.38. The van der Waals surface area contributed by atoms with Gasteiger partial charge in [0.05, 0.1) is 11.1 Å². The number of nitrogens with one attached hydrogen (secondary N) is 1. The molecule has 0 radical (unpaired) electrons. The Bertz CT molecular complexity index is 1230. The molecule has 0 saturated carbocycles. The van der Waals surface area contributed by atoms with Crippen molar-refractivity contribution < 1.29 is 14.3 Å². The van der Waals surface area contributed by atoms with Gasteiger partial charge >= 0.3 is 0 Å². The highest BCUT2D eigenvalue weighted by Gasteiger charge is 2.15. The van der Waals surface area contributed by atoms with Crippen LogP contribution in [0.3, 0.4) is 0 Å². The van der Waals surface area contributed by atoms with Gasteiger partial charge in [-0.1, -0.05) is 52.3 Å². The lowest BCUT2D eigenvalue weighted by Gasteiger charge is -2.15. The van der Waals surface area contributed by atoms with Crippen molar-refractivity contribution in [3.63, 3.8) is 0 Å². The Balaban J connectivity index is 1.87. The van der Waals surface area contributed by atoms with Crippen molar-refractivity contribution in [3.05, 3.63) is 91.9 Å². The van der Waals surface area contributed by atoms with E-state index in [4.69, 9.17) is 9.47 Å². The number of hydrogen-bond acceptors (Lipinski definition) is 4. The van der Waals surface area contributed by atoms with Crippen LogP contribution < -0.4 is 14.8 Å². The van der Waals surface area contributed by atoms with Crippen molar-refractivity contribution in [2.24, 2.45) is 0 Å². The lowest BCUT2D eigenvalue weighted by molar-refractivity contribution is -0.112. The number of rotatable bonds is 8. The Morgan fingerprint density at radius 3 is 2.48 bits per heavy atom. The molecule has 0 bridgehead atoms. The molecule has 0 unspecified atom stereocenters. The van der Waals surface area contributed by atoms with Crippen LogP contribution >= 0.6 is 31.9 Å². The summed E-state index contributed by atoms with van der Waals surface area (Å²) in [6.45, 7) is 4.55. The van der Waals surface area contributed by atoms with Gasteiger partial charge < -0.3 is 14.8 Å². The number of hydrogen-bond donors (Lipinski definition) is 1. The van der Waals surface area contributed by atoms with Crippen LogP contribution in [0.15, 0.2) is 75.2 Å². The van der Waals surface area contributed by atoms with Crippen LogP contribution in [-0.4, -0.2) is 12.5 Å². The predicted molar refractivity (Wildman–Crippen MR) is 137 cm³/mol. The van der Waals surface area contributed by atoms with E-state index >= 15 is 0 Å². The summed E-state index contributed by atoms with van der Waals surface area (Å²) in [6, 6.07) is 20.7. The number of aryl methyl sites for hydroxylation is 1. The molecule has 0 fully saturated rings. The molecule has 1 amide bonds. The van der Waals surface area contributed by atoms with Crippen LogP contribution in [0.2, 0.25) is 0 Å². The first-order valence-electron chi connectivity index (χ1n) is 10.2. The maximum absolute atomic E-state index is 12.7. The summed E-state index contributed by atoms with van der Waals surface area (Å²) in [5.74, 6) is 0.588. The molecule has 168 valence electrons. The fourth-order valence-electron chi connectivity index (χ4n) is 3.06. The van der Waals surface area contributed by atoms with E-state index in [0.717, 1.165) is 15.6 Å². The monoisotopic (exact) mass is 568 g/mol. The van der Waals surface area contributed by atoms with Crippen LogP contribution in [0.5, 0.6) is 11.5 Å². The van der Waals surface area contributed by atoms with Gasteiger partial charge in [-0.05, 0) is 71.2 Å². The summed E-state index contributed by atoms with van der Waals surface area (Å²) in [5.41, 5.74) is 3.19. The third-order valence-electron chi connectivity index (χ3n) is 4.73. The molecule has 0 aliphatic heterocycles. The van der Waals surface area contributed by atoms with Gasteiger partial charge in [-0.3, -0.25) is 4.79 Å². The SMILES string of the molecule is CCOc1cc(/C=C(\C#N)C(=O)Nc2ccccc2C)cc(Br)c1OCc1ccccc1Br. The fourth-order valence-corrected chi connectivity index (χ4v) is 4.03. The molecule has 7 heteroatoms. The standard InChI is InChI=1S/C26H22Br2N2O3/c1-3-32-24-14-18(12-20(15-29)26(31)30-23-11-7-4-8-17(23)2)13-22(28)25(24)33-16-19-9-5-6-10-21(19)27/h4-14H,3,16H2,1-2H3,(H,30,31)/b20-12+. The molecule has 3 aromatic rings. The van der Waals surface area contributed by atoms with Crippen LogP contribution in [-0.2, 0) is 11.4 Å². The van der Waals surface area contributed by atoms with Gasteiger partial charge in [-0.2, -0.15) is 5.26 Å². The number of nitriles is 1. The molecular weight excluding hydrogens is 548 g/mol. The molecule has 0 saturated heterocycles. The number of anilines is 1. The summed E-state index contributed by atoms with van der Waals surface area (Å²) in [7, 11) is 0. The molecule has 0 aliphatic rings. The highest BCUT2D eigenvalue weighted by molar-refractivity contribution is 9.10. The van der Waals surface area contributed by atoms with E-state index in [-0.39, 0.29) is 5.57 Å². The van der Waals surface area contributed by atoms with E-state index in [1.807, 2.05) is 62.4 Å². The number of ether oxygens (including phenoxy) is 2. The van der Waals surface area contributed by atoms with Crippen molar-refractivity contribution in [2.75, 3.05) is 11.9 Å². The zero-order valence-electron chi connectivity index (χ0n) is 18.2. The number of halogens is 2. The molecule has 0 aliphatic carbocycles. The summed E-state index contributed by atoms with van der Waals surface area (Å²) in [4.78, 5) is 12.7. The topological polar surface area (TPSA) is 71.3 Å². The van der Waals surface area contributed by atoms with E-state index in [2.05, 4.69) is 37.2 Å². The largest absolute Gasteiger partial charge is 0.490 e. The normalized spacial score (nSPS) is 10.9. The molecular formula is C26H22Br2N2O3. The van der Waals surface area contributed by atoms with E-state index in [9.17, 15) is 10.1 Å². The molecule has 0 atom stereocenters. The van der Waals surface area contributed by atoms with E-state index in [1.54, 1.807) is 18.2 Å². The van der Waals surface area contributed by atoms with Crippen LogP contribution in [0.25, 0.3) is 6.08 Å². The Morgan fingerprint density at radius 2 is 1.79 bits per heavy atom. The lowest BCUT2D eigenvalue weighted by Crippen LogP contribution is -2.14. The van der Waals surface area contributed by atoms with Crippen LogP contribution in [0, 0.1) is 18.3 Å². The van der Waals surface area contributed by atoms with E-state index in [1.165, 1.54) is 6.08 Å². The third-order valence-corrected chi connectivity index (χ3v) is 6.09. The van der Waals surface area contributed by atoms with Crippen molar-refractivity contribution in [1.82, 2.24) is 0 Å². The number of benzene rings is 3. The Labute approximate surface area is 210 Å². The van der Waals surface area contributed by atoms with E-state index in [0.29, 0.717) is 40.4 Å². The summed E-state index contributed by atoms with van der Waals surface area (Å²) < 4.78 is 13.4. The second-order valence-electron chi connectivity index (χ2n) is 7.08. The van der Waals surface area contributed by atoms with Gasteiger partial charge in [0.2, 0.25) is 0 Å². The zero-order chi connectivity index (χ0) is 23.8. The first-order chi connectivity index (χ1) is 15.9. The quantitative estimate of drug-likeness (QED) is 0.233. The number of amides is 1. The molecule has 33 heavy (non-hydrogen) atoms. The molecule has 0 heterocycles. The van der Waals surface area contributed by atoms with Crippen molar-refractivity contribution in [3.8, 4) is 17.6 Å². The zero-order valence-corrected chi connectivity index (χ0v) is 21.4. The summed E-state index contributed by atoms with van der Waals surface area (Å²) in [5, 5.41) is 12.4. The molecule has 3 rings (SSSR count). The van der Waals surface area contributed by atoms with Gasteiger partial charge in [0, 0.05) is 15.7 Å². The van der Waals surface area contributed by atoms with Gasteiger partial charge in [0.1, 0.15) is 18.2 Å². The fraction of sp³-hybridized carbons (Fsp3) is 0.154. The second-order valence-corrected chi connectivity index (χ2v) is 8.79. The average molecular weight is 570 g/mol. The van der Waals surface area contributed by atoms with Crippen molar-refractivity contribution in [1.29, 1.82) is 5.26 Å². The third kappa shape index (κ3) is 6.47. The summed E-state index contributed by atoms with van der Waals surface area (Å²) >= 11 is 7.07. The maximum atomic E-state index is 12.7. The summed E-state index contributed by atoms with van der Waals surface area (Å²) in [6.07, 6.45) is 1.53. The van der Waals surface area contributed by atoms with Gasteiger partial charge in [-0.25, -0.2) is 0 Å². The number of nitrogens with zero attached hydrogens (tertiary/aromatic N) is 1. The van der Waals surface area contributed by atoms with Gasteiger partial charge in [0.25, 0.3) is 5.91 Å². The first kappa shape index (κ1) is 24.6. The van der Waals surface area contributed by atoms with Crippen LogP contribution in [0.1, 0.15) is 23.6 Å². The molecule has 3 aromatic carbocycles. The molecule has 0 spiro atoms. The molecule has 1 N–H and O–H groups in total. The minimum absolute atomic E-state index is 0.0190. The lowest BCUT2D eigenvalue weighted by atomic mass is 10.1. The minimum Gasteiger partial charge on any atom is -0.490 e. The number of carbonyl (C=O) groups excluding carboxylic acids is 1. The van der Waals surface area contributed by atoms with Crippen LogP contribution in [0.4, 0.5) is 5.69 Å². The number of para-hydroxylation sites is 1. The Hall–Kier alpha value is -3.08. The molecule has 0 aromatic heterocycles. The second kappa shape index (κ2) is 11.7. The average Bonchev–Trinajstić information content (AvgIpc) is 2.79. The van der Waals surface area contributed by atoms with Gasteiger partial charge in [-0.15, -0.1) is 0 Å². The van der Waals surface area contributed by atoms with Gasteiger partial charge in [0.15, 0.2) is 11.5 Å². The Morgan fingerprint density at radius 1 is 1.06 bits per heavy atom. The highest BCUT2D eigenvalue weighted by atomic mass is 79.9. The number of carbonyl (C=O) groups is 1. The maximum Gasteiger partial charge on any atom is 0.266 e. The minimum atomic E-state index is -0.477. The molecule has 5 nitrogen and oxygen atoms in total. The van der Waals surface area contributed by atoms with E-state index < -0.39 is 5.91 Å². The smallest absolute Gasteiger partial charge is 0.266 e.